The van der Waals surface area contributed by atoms with Crippen molar-refractivity contribution in [1.82, 2.24) is 5.43 Å². The zero-order chi connectivity index (χ0) is 13.0. The predicted octanol–water partition coefficient (Wildman–Crippen LogP) is 3.33. The van der Waals surface area contributed by atoms with Gasteiger partial charge in [0.05, 0.1) is 0 Å². The lowest BCUT2D eigenvalue weighted by Crippen LogP contribution is -2.45. The molecule has 2 bridgehead atoms. The molecule has 4 rings (SSSR count). The third kappa shape index (κ3) is 1.90. The monoisotopic (exact) mass is 262 g/mol. The smallest absolute Gasteiger partial charge is 0.0272 e. The molecule has 0 saturated heterocycles. The Kier molecular flexibility index (Phi) is 3.15. The van der Waals surface area contributed by atoms with E-state index in [0.717, 1.165) is 41.4 Å². The van der Waals surface area contributed by atoms with Crippen LogP contribution in [-0.4, -0.2) is 6.04 Å². The van der Waals surface area contributed by atoms with Crippen LogP contribution in [0.2, 0.25) is 0 Å². The van der Waals surface area contributed by atoms with Gasteiger partial charge in [-0.15, -0.1) is 0 Å². The summed E-state index contributed by atoms with van der Waals surface area (Å²) in [7, 11) is 0. The number of nitrogens with one attached hydrogen (secondary N) is 1. The van der Waals surface area contributed by atoms with Crippen LogP contribution in [0.25, 0.3) is 0 Å². The molecule has 0 spiro atoms. The number of rotatable bonds is 4. The van der Waals surface area contributed by atoms with Gasteiger partial charge in [-0.25, -0.2) is 0 Å². The lowest BCUT2D eigenvalue weighted by Gasteiger charge is -2.34. The Morgan fingerprint density at radius 1 is 1.00 bits per heavy atom. The largest absolute Gasteiger partial charge is 0.271 e. The molecule has 0 aromatic heterocycles. The first kappa shape index (κ1) is 12.6. The highest BCUT2D eigenvalue weighted by atomic mass is 15.2. The second-order valence-corrected chi connectivity index (χ2v) is 7.95. The molecule has 0 heterocycles. The van der Waals surface area contributed by atoms with Gasteiger partial charge in [-0.1, -0.05) is 26.2 Å². The minimum absolute atomic E-state index is 0.649. The normalized spacial score (nSPS) is 53.1. The Morgan fingerprint density at radius 2 is 1.63 bits per heavy atom. The van der Waals surface area contributed by atoms with Gasteiger partial charge in [-0.05, 0) is 73.5 Å². The molecule has 5 atom stereocenters. The molecule has 0 radical (unpaired) electrons. The predicted molar refractivity (Wildman–Crippen MR) is 78.2 cm³/mol. The van der Waals surface area contributed by atoms with Crippen molar-refractivity contribution < 1.29 is 0 Å². The maximum absolute atomic E-state index is 5.98. The van der Waals surface area contributed by atoms with Gasteiger partial charge in [-0.3, -0.25) is 11.3 Å². The number of hydrogen-bond acceptors (Lipinski definition) is 2. The third-order valence-corrected chi connectivity index (χ3v) is 7.38. The minimum atomic E-state index is 0.649. The summed E-state index contributed by atoms with van der Waals surface area (Å²) in [4.78, 5) is 0. The maximum Gasteiger partial charge on any atom is 0.0272 e. The molecule has 19 heavy (non-hydrogen) atoms. The van der Waals surface area contributed by atoms with Crippen LogP contribution in [-0.2, 0) is 0 Å². The Labute approximate surface area is 117 Å². The number of hydrazine groups is 1. The Morgan fingerprint density at radius 3 is 2.16 bits per heavy atom. The molecule has 4 fully saturated rings. The van der Waals surface area contributed by atoms with E-state index in [1.54, 1.807) is 6.42 Å². The van der Waals surface area contributed by atoms with Crippen LogP contribution < -0.4 is 11.3 Å². The molecule has 5 unspecified atom stereocenters. The van der Waals surface area contributed by atoms with E-state index in [1.165, 1.54) is 44.9 Å². The average molecular weight is 262 g/mol. The van der Waals surface area contributed by atoms with Crippen molar-refractivity contribution in [3.05, 3.63) is 0 Å². The molecule has 4 saturated carbocycles. The molecular formula is C17H30N2. The average Bonchev–Trinajstić information content (AvgIpc) is 2.88. The highest BCUT2D eigenvalue weighted by Crippen LogP contribution is 2.71. The van der Waals surface area contributed by atoms with E-state index in [9.17, 15) is 0 Å². The van der Waals surface area contributed by atoms with Crippen LogP contribution in [0.4, 0.5) is 0 Å². The summed E-state index contributed by atoms with van der Waals surface area (Å²) < 4.78 is 0. The second kappa shape index (κ2) is 4.73. The summed E-state index contributed by atoms with van der Waals surface area (Å²) in [5.41, 5.74) is 3.26. The molecule has 0 aromatic rings. The molecule has 3 N–H and O–H groups in total. The summed E-state index contributed by atoms with van der Waals surface area (Å²) in [6.07, 6.45) is 11.8. The van der Waals surface area contributed by atoms with Crippen LogP contribution >= 0.6 is 0 Å². The summed E-state index contributed by atoms with van der Waals surface area (Å²) in [5.74, 6) is 13.1. The van der Waals surface area contributed by atoms with Crippen LogP contribution in [0.5, 0.6) is 0 Å². The van der Waals surface area contributed by atoms with Gasteiger partial charge in [0.1, 0.15) is 0 Å². The van der Waals surface area contributed by atoms with Gasteiger partial charge in [0, 0.05) is 6.04 Å². The highest BCUT2D eigenvalue weighted by molar-refractivity contribution is 5.16. The topological polar surface area (TPSA) is 38.0 Å². The third-order valence-electron chi connectivity index (χ3n) is 7.38. The van der Waals surface area contributed by atoms with Crippen LogP contribution in [0.3, 0.4) is 0 Å². The van der Waals surface area contributed by atoms with E-state index in [2.05, 4.69) is 12.3 Å². The van der Waals surface area contributed by atoms with Gasteiger partial charge >= 0.3 is 0 Å². The van der Waals surface area contributed by atoms with Crippen molar-refractivity contribution in [2.45, 2.75) is 64.3 Å². The van der Waals surface area contributed by atoms with E-state index in [4.69, 9.17) is 5.84 Å². The fourth-order valence-electron chi connectivity index (χ4n) is 6.39. The molecule has 0 aromatic carbocycles. The first-order valence-corrected chi connectivity index (χ1v) is 8.79. The van der Waals surface area contributed by atoms with Gasteiger partial charge in [0.25, 0.3) is 0 Å². The van der Waals surface area contributed by atoms with E-state index >= 15 is 0 Å². The van der Waals surface area contributed by atoms with Crippen LogP contribution in [0.15, 0.2) is 0 Å². The Balaban J connectivity index is 1.40. The zero-order valence-corrected chi connectivity index (χ0v) is 12.4. The lowest BCUT2D eigenvalue weighted by molar-refractivity contribution is 0.188. The number of hydrogen-bond donors (Lipinski definition) is 2. The van der Waals surface area contributed by atoms with Crippen LogP contribution in [0, 0.1) is 41.4 Å². The molecule has 2 heteroatoms. The SMILES string of the molecule is CCC1CCC(C(NN)C2C3C4CCC(C4)C32)CC1. The molecular weight excluding hydrogens is 232 g/mol. The molecule has 2 nitrogen and oxygen atoms in total. The molecule has 0 amide bonds. The second-order valence-electron chi connectivity index (χ2n) is 7.95. The summed E-state index contributed by atoms with van der Waals surface area (Å²) in [5, 5.41) is 0. The first-order chi connectivity index (χ1) is 9.33. The number of fused-ring (bicyclic) bond motifs is 5. The van der Waals surface area contributed by atoms with Crippen molar-refractivity contribution in [2.75, 3.05) is 0 Å². The summed E-state index contributed by atoms with van der Waals surface area (Å²) in [6, 6.07) is 0.649. The minimum Gasteiger partial charge on any atom is -0.271 e. The van der Waals surface area contributed by atoms with Crippen molar-refractivity contribution in [3.63, 3.8) is 0 Å². The van der Waals surface area contributed by atoms with E-state index in [1.807, 2.05) is 0 Å². The zero-order valence-electron chi connectivity index (χ0n) is 12.4. The maximum atomic E-state index is 5.98. The molecule has 4 aliphatic rings. The van der Waals surface area contributed by atoms with Crippen molar-refractivity contribution in [1.29, 1.82) is 0 Å². The first-order valence-electron chi connectivity index (χ1n) is 8.79. The van der Waals surface area contributed by atoms with Crippen molar-refractivity contribution >= 4 is 0 Å². The summed E-state index contributed by atoms with van der Waals surface area (Å²) in [6.45, 7) is 2.35. The summed E-state index contributed by atoms with van der Waals surface area (Å²) >= 11 is 0. The van der Waals surface area contributed by atoms with E-state index in [-0.39, 0.29) is 0 Å². The van der Waals surface area contributed by atoms with Gasteiger partial charge in [0.15, 0.2) is 0 Å². The highest BCUT2D eigenvalue weighted by Gasteiger charge is 2.67. The van der Waals surface area contributed by atoms with Crippen LogP contribution in [0.1, 0.15) is 58.3 Å². The molecule has 108 valence electrons. The van der Waals surface area contributed by atoms with Crippen molar-refractivity contribution in [2.24, 2.45) is 47.3 Å². The Bertz CT molecular complexity index is 318. The standard InChI is InChI=1S/C17H30N2/c1-2-10-3-5-11(6-4-10)17(19-18)16-14-12-7-8-13(9-12)15(14)16/h10-17,19H,2-9,18H2,1H3. The lowest BCUT2D eigenvalue weighted by atomic mass is 9.75. The molecule has 4 aliphatic carbocycles. The van der Waals surface area contributed by atoms with Gasteiger partial charge in [0.2, 0.25) is 0 Å². The van der Waals surface area contributed by atoms with Gasteiger partial charge < -0.3 is 0 Å². The fourth-order valence-corrected chi connectivity index (χ4v) is 6.39. The quantitative estimate of drug-likeness (QED) is 0.602. The fraction of sp³-hybridized carbons (Fsp3) is 1.00. The van der Waals surface area contributed by atoms with E-state index in [0.29, 0.717) is 6.04 Å². The molecule has 0 aliphatic heterocycles. The Hall–Kier alpha value is -0.0800. The number of nitrogens with two attached hydrogens (primary N) is 1. The van der Waals surface area contributed by atoms with Crippen molar-refractivity contribution in [3.8, 4) is 0 Å². The van der Waals surface area contributed by atoms with E-state index < -0.39 is 0 Å². The van der Waals surface area contributed by atoms with Gasteiger partial charge in [-0.2, -0.15) is 0 Å².